The standard InChI is InChI=1S/C16H15NO3/c1-12(15(18)14-8-5-9-17-10-14)11-20-16(19)13-6-3-2-4-7-13/h2-10,12H,11H2,1H3. The van der Waals surface area contributed by atoms with Crippen molar-refractivity contribution in [2.75, 3.05) is 6.61 Å². The summed E-state index contributed by atoms with van der Waals surface area (Å²) in [6, 6.07) is 12.1. The molecule has 0 bridgehead atoms. The fraction of sp³-hybridized carbons (Fsp3) is 0.188. The SMILES string of the molecule is CC(COC(=O)c1ccccc1)C(=O)c1cccnc1. The van der Waals surface area contributed by atoms with E-state index in [2.05, 4.69) is 4.98 Å². The summed E-state index contributed by atoms with van der Waals surface area (Å²) in [4.78, 5) is 27.7. The molecule has 1 aromatic heterocycles. The number of benzene rings is 1. The molecular weight excluding hydrogens is 254 g/mol. The number of carbonyl (C=O) groups excluding carboxylic acids is 2. The second-order valence-corrected chi connectivity index (χ2v) is 4.47. The van der Waals surface area contributed by atoms with Gasteiger partial charge in [0, 0.05) is 18.0 Å². The number of aromatic nitrogens is 1. The molecular formula is C16H15NO3. The van der Waals surface area contributed by atoms with Crippen LogP contribution >= 0.6 is 0 Å². The smallest absolute Gasteiger partial charge is 0.338 e. The molecule has 1 atom stereocenters. The average molecular weight is 269 g/mol. The van der Waals surface area contributed by atoms with Crippen LogP contribution in [-0.4, -0.2) is 23.3 Å². The van der Waals surface area contributed by atoms with Gasteiger partial charge in [0.2, 0.25) is 0 Å². The lowest BCUT2D eigenvalue weighted by Crippen LogP contribution is -2.20. The van der Waals surface area contributed by atoms with Crippen LogP contribution in [0.2, 0.25) is 0 Å². The topological polar surface area (TPSA) is 56.3 Å². The Kier molecular flexibility index (Phi) is 4.60. The largest absolute Gasteiger partial charge is 0.461 e. The number of ether oxygens (including phenoxy) is 1. The van der Waals surface area contributed by atoms with Gasteiger partial charge in [-0.05, 0) is 24.3 Å². The van der Waals surface area contributed by atoms with E-state index >= 15 is 0 Å². The molecule has 1 aromatic carbocycles. The minimum absolute atomic E-state index is 0.0570. The quantitative estimate of drug-likeness (QED) is 0.618. The van der Waals surface area contributed by atoms with E-state index in [9.17, 15) is 9.59 Å². The van der Waals surface area contributed by atoms with Gasteiger partial charge >= 0.3 is 5.97 Å². The third-order valence-electron chi connectivity index (χ3n) is 2.87. The van der Waals surface area contributed by atoms with Crippen LogP contribution in [0.15, 0.2) is 54.9 Å². The van der Waals surface area contributed by atoms with Crippen LogP contribution in [0.25, 0.3) is 0 Å². The van der Waals surface area contributed by atoms with E-state index in [0.717, 1.165) is 0 Å². The van der Waals surface area contributed by atoms with Gasteiger partial charge in [-0.1, -0.05) is 25.1 Å². The molecule has 0 amide bonds. The van der Waals surface area contributed by atoms with Crippen LogP contribution in [0.3, 0.4) is 0 Å². The first-order chi connectivity index (χ1) is 9.68. The molecule has 0 aliphatic rings. The minimum Gasteiger partial charge on any atom is -0.461 e. The fourth-order valence-corrected chi connectivity index (χ4v) is 1.73. The summed E-state index contributed by atoms with van der Waals surface area (Å²) in [5.41, 5.74) is 1.00. The Labute approximate surface area is 117 Å². The average Bonchev–Trinajstić information content (AvgIpc) is 2.53. The number of esters is 1. The zero-order chi connectivity index (χ0) is 14.4. The molecule has 0 N–H and O–H groups in total. The lowest BCUT2D eigenvalue weighted by atomic mass is 10.0. The van der Waals surface area contributed by atoms with Crippen molar-refractivity contribution in [1.29, 1.82) is 0 Å². The van der Waals surface area contributed by atoms with Crippen molar-refractivity contribution in [3.63, 3.8) is 0 Å². The highest BCUT2D eigenvalue weighted by Crippen LogP contribution is 2.09. The molecule has 1 heterocycles. The molecule has 102 valence electrons. The second-order valence-electron chi connectivity index (χ2n) is 4.47. The van der Waals surface area contributed by atoms with E-state index in [1.165, 1.54) is 6.20 Å². The number of Topliss-reactive ketones (excluding diaryl/α,β-unsaturated/α-hetero) is 1. The van der Waals surface area contributed by atoms with Gasteiger partial charge in [0.15, 0.2) is 5.78 Å². The van der Waals surface area contributed by atoms with Crippen molar-refractivity contribution >= 4 is 11.8 Å². The minimum atomic E-state index is -0.420. The molecule has 0 aliphatic carbocycles. The van der Waals surface area contributed by atoms with E-state index in [-0.39, 0.29) is 12.4 Å². The molecule has 4 heteroatoms. The van der Waals surface area contributed by atoms with Gasteiger partial charge in [0.05, 0.1) is 11.5 Å². The third-order valence-corrected chi connectivity index (χ3v) is 2.87. The van der Waals surface area contributed by atoms with Gasteiger partial charge in [-0.25, -0.2) is 4.79 Å². The Morgan fingerprint density at radius 2 is 1.80 bits per heavy atom. The van der Waals surface area contributed by atoms with E-state index in [0.29, 0.717) is 11.1 Å². The first kappa shape index (κ1) is 13.9. The van der Waals surface area contributed by atoms with Gasteiger partial charge in [0.25, 0.3) is 0 Å². The number of carbonyl (C=O) groups is 2. The van der Waals surface area contributed by atoms with Crippen molar-refractivity contribution in [3.05, 3.63) is 66.0 Å². The van der Waals surface area contributed by atoms with Crippen LogP contribution in [0, 0.1) is 5.92 Å². The monoisotopic (exact) mass is 269 g/mol. The Morgan fingerprint density at radius 1 is 1.10 bits per heavy atom. The maximum Gasteiger partial charge on any atom is 0.338 e. The summed E-state index contributed by atoms with van der Waals surface area (Å²) in [5.74, 6) is -0.901. The summed E-state index contributed by atoms with van der Waals surface area (Å²) < 4.78 is 5.15. The molecule has 4 nitrogen and oxygen atoms in total. The maximum atomic E-state index is 12.1. The van der Waals surface area contributed by atoms with Crippen molar-refractivity contribution in [3.8, 4) is 0 Å². The number of hydrogen-bond donors (Lipinski definition) is 0. The lowest BCUT2D eigenvalue weighted by Gasteiger charge is -2.11. The molecule has 1 unspecified atom stereocenters. The highest BCUT2D eigenvalue weighted by molar-refractivity contribution is 5.97. The molecule has 0 aliphatic heterocycles. The molecule has 0 spiro atoms. The summed E-state index contributed by atoms with van der Waals surface area (Å²) in [5, 5.41) is 0. The predicted octanol–water partition coefficient (Wildman–Crippen LogP) is 2.76. The lowest BCUT2D eigenvalue weighted by molar-refractivity contribution is 0.0441. The Morgan fingerprint density at radius 3 is 2.45 bits per heavy atom. The van der Waals surface area contributed by atoms with Crippen LogP contribution in [0.1, 0.15) is 27.6 Å². The van der Waals surface area contributed by atoms with Gasteiger partial charge in [-0.2, -0.15) is 0 Å². The van der Waals surface area contributed by atoms with Crippen LogP contribution in [-0.2, 0) is 4.74 Å². The molecule has 2 aromatic rings. The van der Waals surface area contributed by atoms with Crippen LogP contribution < -0.4 is 0 Å². The molecule has 0 saturated carbocycles. The summed E-state index contributed by atoms with van der Waals surface area (Å²) >= 11 is 0. The van der Waals surface area contributed by atoms with Gasteiger partial charge < -0.3 is 4.74 Å². The number of pyridine rings is 1. The molecule has 0 saturated heterocycles. The Balaban J connectivity index is 1.91. The zero-order valence-electron chi connectivity index (χ0n) is 11.2. The molecule has 0 radical (unpaired) electrons. The number of hydrogen-bond acceptors (Lipinski definition) is 4. The van der Waals surface area contributed by atoms with E-state index < -0.39 is 11.9 Å². The first-order valence-electron chi connectivity index (χ1n) is 6.35. The normalized spacial score (nSPS) is 11.7. The summed E-state index contributed by atoms with van der Waals surface area (Å²) in [6.07, 6.45) is 3.12. The van der Waals surface area contributed by atoms with Gasteiger partial charge in [0.1, 0.15) is 6.61 Å². The number of rotatable bonds is 5. The second kappa shape index (κ2) is 6.61. The highest BCUT2D eigenvalue weighted by atomic mass is 16.5. The van der Waals surface area contributed by atoms with Crippen molar-refractivity contribution in [2.45, 2.75) is 6.92 Å². The molecule has 0 fully saturated rings. The van der Waals surface area contributed by atoms with E-state index in [1.54, 1.807) is 49.5 Å². The predicted molar refractivity (Wildman–Crippen MR) is 74.5 cm³/mol. The summed E-state index contributed by atoms with van der Waals surface area (Å²) in [7, 11) is 0. The molecule has 2 rings (SSSR count). The number of nitrogens with zero attached hydrogens (tertiary/aromatic N) is 1. The van der Waals surface area contributed by atoms with Crippen LogP contribution in [0.5, 0.6) is 0 Å². The molecule has 20 heavy (non-hydrogen) atoms. The summed E-state index contributed by atoms with van der Waals surface area (Å²) in [6.45, 7) is 1.79. The van der Waals surface area contributed by atoms with Crippen molar-refractivity contribution in [2.24, 2.45) is 5.92 Å². The van der Waals surface area contributed by atoms with E-state index in [4.69, 9.17) is 4.74 Å². The van der Waals surface area contributed by atoms with Crippen molar-refractivity contribution in [1.82, 2.24) is 4.98 Å². The Hall–Kier alpha value is -2.49. The first-order valence-corrected chi connectivity index (χ1v) is 6.35. The van der Waals surface area contributed by atoms with Gasteiger partial charge in [-0.15, -0.1) is 0 Å². The third kappa shape index (κ3) is 3.51. The Bertz CT molecular complexity index is 581. The maximum absolute atomic E-state index is 12.1. The zero-order valence-corrected chi connectivity index (χ0v) is 11.2. The van der Waals surface area contributed by atoms with Gasteiger partial charge in [-0.3, -0.25) is 9.78 Å². The number of ketones is 1. The van der Waals surface area contributed by atoms with E-state index in [1.807, 2.05) is 6.07 Å². The van der Waals surface area contributed by atoms with Crippen LogP contribution in [0.4, 0.5) is 0 Å². The fourth-order valence-electron chi connectivity index (χ4n) is 1.73. The highest BCUT2D eigenvalue weighted by Gasteiger charge is 2.17. The van der Waals surface area contributed by atoms with Crippen molar-refractivity contribution < 1.29 is 14.3 Å².